The van der Waals surface area contributed by atoms with Gasteiger partial charge in [0.1, 0.15) is 12.2 Å². The van der Waals surface area contributed by atoms with Crippen molar-refractivity contribution in [3.8, 4) is 11.5 Å². The molecule has 4 amide bonds. The molecule has 4 aromatic carbocycles. The van der Waals surface area contributed by atoms with Crippen molar-refractivity contribution in [1.29, 1.82) is 0 Å². The molecule has 1 fully saturated rings. The Morgan fingerprint density at radius 3 is 1.77 bits per heavy atom. The predicted octanol–water partition coefficient (Wildman–Crippen LogP) is 6.90. The van der Waals surface area contributed by atoms with Crippen LogP contribution in [0.15, 0.2) is 109 Å². The number of carbonyl (C=O) groups is 3. The van der Waals surface area contributed by atoms with Crippen LogP contribution in [0.1, 0.15) is 18.1 Å². The lowest BCUT2D eigenvalue weighted by Crippen LogP contribution is -2.57. The molecule has 7 nitrogen and oxygen atoms in total. The number of ether oxygens (including phenoxy) is 2. The van der Waals surface area contributed by atoms with Crippen LogP contribution in [-0.4, -0.2) is 24.5 Å². The summed E-state index contributed by atoms with van der Waals surface area (Å²) in [5.74, 6) is -0.772. The maximum absolute atomic E-state index is 13.7. The fourth-order valence-electron chi connectivity index (χ4n) is 4.31. The molecule has 0 unspecified atom stereocenters. The third-order valence-corrected chi connectivity index (χ3v) is 6.43. The highest BCUT2D eigenvalue weighted by atomic mass is 35.5. The normalized spacial score (nSPS) is 13.4. The van der Waals surface area contributed by atoms with Crippen LogP contribution < -0.4 is 19.3 Å². The number of barbiturate groups is 1. The Morgan fingerprint density at radius 2 is 1.25 bits per heavy atom. The number of para-hydroxylation sites is 2. The number of rotatable bonds is 8. The van der Waals surface area contributed by atoms with E-state index in [0.29, 0.717) is 35.0 Å². The van der Waals surface area contributed by atoms with Crippen LogP contribution in [0.5, 0.6) is 11.5 Å². The van der Waals surface area contributed by atoms with Crippen LogP contribution in [0, 0.1) is 0 Å². The van der Waals surface area contributed by atoms with E-state index < -0.39 is 17.8 Å². The number of amides is 4. The lowest BCUT2D eigenvalue weighted by Gasteiger charge is -2.34. The van der Waals surface area contributed by atoms with Crippen molar-refractivity contribution in [2.45, 2.75) is 13.5 Å². The van der Waals surface area contributed by atoms with Crippen molar-refractivity contribution in [1.82, 2.24) is 0 Å². The van der Waals surface area contributed by atoms with Gasteiger partial charge >= 0.3 is 6.03 Å². The molecule has 1 aliphatic heterocycles. The van der Waals surface area contributed by atoms with Crippen molar-refractivity contribution in [3.63, 3.8) is 0 Å². The lowest BCUT2D eigenvalue weighted by molar-refractivity contribution is -0.121. The van der Waals surface area contributed by atoms with E-state index in [0.717, 1.165) is 15.4 Å². The van der Waals surface area contributed by atoms with Gasteiger partial charge in [-0.15, -0.1) is 0 Å². The van der Waals surface area contributed by atoms with Crippen molar-refractivity contribution in [2.75, 3.05) is 16.4 Å². The van der Waals surface area contributed by atoms with E-state index in [2.05, 4.69) is 0 Å². The third kappa shape index (κ3) is 5.46. The standard InChI is InChI=1S/C32H25ClN2O5/c1-2-39-28-20-23(19-27(33)29(28)40-21-22-12-6-3-7-13-22)18-26-30(36)34(24-14-8-4-9-15-24)32(38)35(31(26)37)25-16-10-5-11-17-25/h3-20H,2,21H2,1H3. The molecule has 40 heavy (non-hydrogen) atoms. The number of anilines is 2. The van der Waals surface area contributed by atoms with E-state index in [-0.39, 0.29) is 17.2 Å². The summed E-state index contributed by atoms with van der Waals surface area (Å²) in [5, 5.41) is 0.250. The number of benzene rings is 4. The molecule has 5 rings (SSSR count). The minimum Gasteiger partial charge on any atom is -0.490 e. The van der Waals surface area contributed by atoms with Gasteiger partial charge in [-0.1, -0.05) is 78.3 Å². The summed E-state index contributed by atoms with van der Waals surface area (Å²) in [6.45, 7) is 2.45. The smallest absolute Gasteiger partial charge is 0.343 e. The molecule has 0 atom stereocenters. The molecule has 0 bridgehead atoms. The number of hydrogen-bond acceptors (Lipinski definition) is 5. The Morgan fingerprint density at radius 1 is 0.725 bits per heavy atom. The molecular weight excluding hydrogens is 528 g/mol. The molecule has 1 heterocycles. The van der Waals surface area contributed by atoms with Gasteiger partial charge in [0, 0.05) is 0 Å². The number of carbonyl (C=O) groups excluding carboxylic acids is 3. The summed E-state index contributed by atoms with van der Waals surface area (Å²) in [5.41, 5.74) is 1.87. The van der Waals surface area contributed by atoms with Crippen LogP contribution in [0.3, 0.4) is 0 Å². The number of halogens is 1. The Bertz CT molecular complexity index is 1510. The summed E-state index contributed by atoms with van der Waals surface area (Å²) < 4.78 is 11.8. The van der Waals surface area contributed by atoms with Crippen LogP contribution in [0.4, 0.5) is 16.2 Å². The fourth-order valence-corrected chi connectivity index (χ4v) is 4.58. The monoisotopic (exact) mass is 552 g/mol. The second-order valence-electron chi connectivity index (χ2n) is 8.83. The van der Waals surface area contributed by atoms with Crippen molar-refractivity contribution in [3.05, 3.63) is 125 Å². The maximum Gasteiger partial charge on any atom is 0.343 e. The van der Waals surface area contributed by atoms with Crippen molar-refractivity contribution >= 4 is 46.9 Å². The third-order valence-electron chi connectivity index (χ3n) is 6.15. The summed E-state index contributed by atoms with van der Waals surface area (Å²) >= 11 is 6.62. The lowest BCUT2D eigenvalue weighted by atomic mass is 10.0. The first-order valence-corrected chi connectivity index (χ1v) is 13.0. The molecule has 4 aromatic rings. The topological polar surface area (TPSA) is 76.2 Å². The second kappa shape index (κ2) is 11.9. The molecule has 0 aromatic heterocycles. The molecule has 0 N–H and O–H groups in total. The largest absolute Gasteiger partial charge is 0.490 e. The van der Waals surface area contributed by atoms with E-state index in [4.69, 9.17) is 21.1 Å². The quantitative estimate of drug-likeness (QED) is 0.175. The van der Waals surface area contributed by atoms with E-state index in [9.17, 15) is 14.4 Å². The average Bonchev–Trinajstić information content (AvgIpc) is 2.97. The van der Waals surface area contributed by atoms with Crippen molar-refractivity contribution < 1.29 is 23.9 Å². The fraction of sp³-hybridized carbons (Fsp3) is 0.0938. The first-order chi connectivity index (χ1) is 19.5. The maximum atomic E-state index is 13.7. The first kappa shape index (κ1) is 26.7. The van der Waals surface area contributed by atoms with Gasteiger partial charge in [-0.3, -0.25) is 9.59 Å². The molecule has 1 aliphatic rings. The zero-order valence-electron chi connectivity index (χ0n) is 21.6. The number of nitrogens with zero attached hydrogens (tertiary/aromatic N) is 2. The summed E-state index contributed by atoms with van der Waals surface area (Å²) in [4.78, 5) is 42.8. The average molecular weight is 553 g/mol. The number of urea groups is 1. The van der Waals surface area contributed by atoms with E-state index in [1.165, 1.54) is 6.08 Å². The minimum atomic E-state index is -0.762. The zero-order chi connectivity index (χ0) is 28.1. The highest BCUT2D eigenvalue weighted by Gasteiger charge is 2.43. The summed E-state index contributed by atoms with van der Waals surface area (Å²) in [6.07, 6.45) is 1.42. The van der Waals surface area contributed by atoms with E-state index in [1.807, 2.05) is 37.3 Å². The summed E-state index contributed by atoms with van der Waals surface area (Å²) in [7, 11) is 0. The molecule has 0 spiro atoms. The predicted molar refractivity (Wildman–Crippen MR) is 155 cm³/mol. The van der Waals surface area contributed by atoms with Gasteiger partial charge in [0.15, 0.2) is 11.5 Å². The Hall–Kier alpha value is -4.88. The minimum absolute atomic E-state index is 0.205. The molecule has 0 aliphatic carbocycles. The molecule has 0 saturated carbocycles. The van der Waals surface area contributed by atoms with Gasteiger partial charge < -0.3 is 9.47 Å². The number of imide groups is 2. The van der Waals surface area contributed by atoms with E-state index >= 15 is 0 Å². The Kier molecular flexibility index (Phi) is 7.94. The Labute approximate surface area is 236 Å². The van der Waals surface area contributed by atoms with Gasteiger partial charge in [-0.05, 0) is 60.5 Å². The van der Waals surface area contributed by atoms with Crippen LogP contribution in [0.25, 0.3) is 6.08 Å². The molecule has 8 heteroatoms. The molecule has 0 radical (unpaired) electrons. The highest BCUT2D eigenvalue weighted by Crippen LogP contribution is 2.38. The molecule has 200 valence electrons. The van der Waals surface area contributed by atoms with Gasteiger partial charge in [0.25, 0.3) is 11.8 Å². The Balaban J connectivity index is 1.56. The van der Waals surface area contributed by atoms with Gasteiger partial charge in [0.05, 0.1) is 23.0 Å². The van der Waals surface area contributed by atoms with Crippen LogP contribution in [-0.2, 0) is 16.2 Å². The molecular formula is C32H25ClN2O5. The van der Waals surface area contributed by atoms with Crippen LogP contribution >= 0.6 is 11.6 Å². The first-order valence-electron chi connectivity index (χ1n) is 12.7. The SMILES string of the molecule is CCOc1cc(C=C2C(=O)N(c3ccccc3)C(=O)N(c3ccccc3)C2=O)cc(Cl)c1OCc1ccccc1. The van der Waals surface area contributed by atoms with E-state index in [1.54, 1.807) is 72.8 Å². The van der Waals surface area contributed by atoms with Gasteiger partial charge in [0.2, 0.25) is 0 Å². The number of hydrogen-bond donors (Lipinski definition) is 0. The molecule has 1 saturated heterocycles. The van der Waals surface area contributed by atoms with Gasteiger partial charge in [-0.25, -0.2) is 14.6 Å². The van der Waals surface area contributed by atoms with Gasteiger partial charge in [-0.2, -0.15) is 0 Å². The summed E-state index contributed by atoms with van der Waals surface area (Å²) in [6, 6.07) is 29.0. The second-order valence-corrected chi connectivity index (χ2v) is 9.24. The van der Waals surface area contributed by atoms with Crippen molar-refractivity contribution in [2.24, 2.45) is 0 Å². The van der Waals surface area contributed by atoms with Crippen LogP contribution in [0.2, 0.25) is 5.02 Å². The zero-order valence-corrected chi connectivity index (χ0v) is 22.4. The highest BCUT2D eigenvalue weighted by molar-refractivity contribution is 6.46.